The molecule has 0 radical (unpaired) electrons. The zero-order valence-electron chi connectivity index (χ0n) is 7.61. The lowest BCUT2D eigenvalue weighted by Crippen LogP contribution is -2.26. The lowest BCUT2D eigenvalue weighted by atomic mass is 9.88. The zero-order chi connectivity index (χ0) is 10.3. The van der Waals surface area contributed by atoms with Crippen LogP contribution in [0.1, 0.15) is 26.7 Å². The Kier molecular flexibility index (Phi) is 4.72. The summed E-state index contributed by atoms with van der Waals surface area (Å²) in [4.78, 5) is 38.8. The highest BCUT2D eigenvalue weighted by atomic mass is 17.2. The first kappa shape index (κ1) is 11.6. The summed E-state index contributed by atoms with van der Waals surface area (Å²) in [5, 5.41) is 0. The van der Waals surface area contributed by atoms with Crippen LogP contribution >= 0.6 is 0 Å². The number of hydrogen-bond donors (Lipinski definition) is 0. The molecule has 0 spiro atoms. The number of hydrogen-bond acceptors (Lipinski definition) is 5. The Hall–Kier alpha value is -1.39. The fourth-order valence-electron chi connectivity index (χ4n) is 0.698. The standard InChI is InChI=1S/C8H12O5/c1-8(2,4-3-5-9)7(11)13-12-6-10/h5-6H,3-4H2,1-2H3. The molecule has 0 aromatic heterocycles. The predicted octanol–water partition coefficient (Wildman–Crippen LogP) is 0.623. The van der Waals surface area contributed by atoms with Gasteiger partial charge in [0, 0.05) is 6.42 Å². The molecule has 0 aromatic rings. The van der Waals surface area contributed by atoms with Crippen LogP contribution in [0.25, 0.3) is 0 Å². The minimum atomic E-state index is -0.816. The lowest BCUT2D eigenvalue weighted by molar-refractivity contribution is -0.255. The highest BCUT2D eigenvalue weighted by Crippen LogP contribution is 2.23. The van der Waals surface area contributed by atoms with Crippen molar-refractivity contribution < 1.29 is 24.2 Å². The summed E-state index contributed by atoms with van der Waals surface area (Å²) < 4.78 is 0. The van der Waals surface area contributed by atoms with Crippen LogP contribution in [-0.2, 0) is 24.2 Å². The van der Waals surface area contributed by atoms with E-state index in [9.17, 15) is 14.4 Å². The highest BCUT2D eigenvalue weighted by Gasteiger charge is 2.30. The van der Waals surface area contributed by atoms with Crippen molar-refractivity contribution in [3.63, 3.8) is 0 Å². The van der Waals surface area contributed by atoms with Crippen molar-refractivity contribution in [2.45, 2.75) is 26.7 Å². The first-order chi connectivity index (χ1) is 6.04. The van der Waals surface area contributed by atoms with Crippen LogP contribution in [0.2, 0.25) is 0 Å². The SMILES string of the molecule is CC(C)(CCC=O)C(=O)OOC=O. The summed E-state index contributed by atoms with van der Waals surface area (Å²) in [6.45, 7) is 3.23. The van der Waals surface area contributed by atoms with Crippen molar-refractivity contribution in [3.05, 3.63) is 0 Å². The van der Waals surface area contributed by atoms with Gasteiger partial charge in [-0.05, 0) is 20.3 Å². The van der Waals surface area contributed by atoms with Gasteiger partial charge in [-0.2, -0.15) is 0 Å². The molecule has 0 N–H and O–H groups in total. The van der Waals surface area contributed by atoms with Gasteiger partial charge in [0.05, 0.1) is 5.41 Å². The molecule has 74 valence electrons. The third-order valence-electron chi connectivity index (χ3n) is 1.60. The Balaban J connectivity index is 4.01. The molecular weight excluding hydrogens is 176 g/mol. The molecule has 0 aromatic carbocycles. The molecule has 5 nitrogen and oxygen atoms in total. The van der Waals surface area contributed by atoms with Crippen LogP contribution in [0.4, 0.5) is 0 Å². The third-order valence-corrected chi connectivity index (χ3v) is 1.60. The first-order valence-electron chi connectivity index (χ1n) is 3.79. The van der Waals surface area contributed by atoms with Crippen molar-refractivity contribution in [3.8, 4) is 0 Å². The molecule has 5 heteroatoms. The number of aldehydes is 1. The average Bonchev–Trinajstić information content (AvgIpc) is 2.10. The van der Waals surface area contributed by atoms with E-state index in [1.165, 1.54) is 0 Å². The van der Waals surface area contributed by atoms with Gasteiger partial charge in [-0.25, -0.2) is 9.68 Å². The Morgan fingerprint density at radius 3 is 2.46 bits per heavy atom. The molecule has 0 amide bonds. The van der Waals surface area contributed by atoms with Crippen molar-refractivity contribution >= 4 is 18.7 Å². The Labute approximate surface area is 75.9 Å². The van der Waals surface area contributed by atoms with Gasteiger partial charge in [-0.15, -0.1) is 0 Å². The summed E-state index contributed by atoms with van der Waals surface area (Å²) in [6, 6.07) is 0. The van der Waals surface area contributed by atoms with Gasteiger partial charge >= 0.3 is 12.4 Å². The highest BCUT2D eigenvalue weighted by molar-refractivity contribution is 5.76. The van der Waals surface area contributed by atoms with Crippen LogP contribution in [0, 0.1) is 5.41 Å². The second-order valence-electron chi connectivity index (χ2n) is 3.15. The molecule has 0 aliphatic heterocycles. The fraction of sp³-hybridized carbons (Fsp3) is 0.625. The van der Waals surface area contributed by atoms with Crippen molar-refractivity contribution in [1.29, 1.82) is 0 Å². The van der Waals surface area contributed by atoms with E-state index in [1.54, 1.807) is 13.8 Å². The van der Waals surface area contributed by atoms with E-state index < -0.39 is 11.4 Å². The molecule has 0 aliphatic carbocycles. The second-order valence-corrected chi connectivity index (χ2v) is 3.15. The van der Waals surface area contributed by atoms with E-state index in [-0.39, 0.29) is 12.9 Å². The maximum absolute atomic E-state index is 11.1. The summed E-state index contributed by atoms with van der Waals surface area (Å²) in [6.07, 6.45) is 1.34. The largest absolute Gasteiger partial charge is 0.361 e. The van der Waals surface area contributed by atoms with Crippen LogP contribution in [0.3, 0.4) is 0 Å². The van der Waals surface area contributed by atoms with E-state index in [2.05, 4.69) is 9.78 Å². The Bertz CT molecular complexity index is 197. The molecule has 0 atom stereocenters. The summed E-state index contributed by atoms with van der Waals surface area (Å²) in [5.41, 5.74) is -0.816. The minimum Gasteiger partial charge on any atom is -0.303 e. The van der Waals surface area contributed by atoms with Gasteiger partial charge < -0.3 is 4.79 Å². The monoisotopic (exact) mass is 188 g/mol. The van der Waals surface area contributed by atoms with Crippen LogP contribution in [-0.4, -0.2) is 18.7 Å². The quantitative estimate of drug-likeness (QED) is 0.347. The van der Waals surface area contributed by atoms with E-state index in [0.29, 0.717) is 6.42 Å². The van der Waals surface area contributed by atoms with Crippen LogP contribution < -0.4 is 0 Å². The average molecular weight is 188 g/mol. The molecule has 0 unspecified atom stereocenters. The summed E-state index contributed by atoms with van der Waals surface area (Å²) in [5.74, 6) is -0.665. The van der Waals surface area contributed by atoms with Crippen LogP contribution in [0.15, 0.2) is 0 Å². The second kappa shape index (κ2) is 5.29. The molecular formula is C8H12O5. The first-order valence-corrected chi connectivity index (χ1v) is 3.79. The third kappa shape index (κ3) is 4.25. The van der Waals surface area contributed by atoms with Gasteiger partial charge in [0.25, 0.3) is 0 Å². The van der Waals surface area contributed by atoms with Gasteiger partial charge in [0.15, 0.2) is 0 Å². The number of carbonyl (C=O) groups is 3. The Morgan fingerprint density at radius 2 is 2.00 bits per heavy atom. The maximum atomic E-state index is 11.1. The van der Waals surface area contributed by atoms with Gasteiger partial charge in [0.2, 0.25) is 0 Å². The molecule has 0 fully saturated rings. The van der Waals surface area contributed by atoms with Crippen molar-refractivity contribution in [1.82, 2.24) is 0 Å². The van der Waals surface area contributed by atoms with E-state index in [4.69, 9.17) is 0 Å². The zero-order valence-corrected chi connectivity index (χ0v) is 7.61. The molecule has 0 heterocycles. The Morgan fingerprint density at radius 1 is 1.38 bits per heavy atom. The molecule has 0 saturated carbocycles. The predicted molar refractivity (Wildman–Crippen MR) is 42.3 cm³/mol. The van der Waals surface area contributed by atoms with Crippen LogP contribution in [0.5, 0.6) is 0 Å². The van der Waals surface area contributed by atoms with E-state index >= 15 is 0 Å². The number of rotatable bonds is 6. The van der Waals surface area contributed by atoms with Crippen molar-refractivity contribution in [2.75, 3.05) is 0 Å². The normalized spacial score (nSPS) is 10.3. The smallest absolute Gasteiger partial charge is 0.303 e. The number of carbonyl (C=O) groups excluding carboxylic acids is 3. The molecule has 0 rings (SSSR count). The van der Waals surface area contributed by atoms with E-state index in [0.717, 1.165) is 6.29 Å². The summed E-state index contributed by atoms with van der Waals surface area (Å²) >= 11 is 0. The lowest BCUT2D eigenvalue weighted by Gasteiger charge is -2.18. The van der Waals surface area contributed by atoms with Gasteiger partial charge in [0.1, 0.15) is 6.29 Å². The maximum Gasteiger partial charge on any atom is 0.361 e. The van der Waals surface area contributed by atoms with Gasteiger partial charge in [-0.3, -0.25) is 9.68 Å². The molecule has 0 aliphatic rings. The topological polar surface area (TPSA) is 69.7 Å². The van der Waals surface area contributed by atoms with Gasteiger partial charge in [-0.1, -0.05) is 0 Å². The van der Waals surface area contributed by atoms with E-state index in [1.807, 2.05) is 0 Å². The molecule has 0 saturated heterocycles. The van der Waals surface area contributed by atoms with Crippen molar-refractivity contribution in [2.24, 2.45) is 5.41 Å². The molecule has 13 heavy (non-hydrogen) atoms. The summed E-state index contributed by atoms with van der Waals surface area (Å²) in [7, 11) is 0. The molecule has 0 bridgehead atoms. The minimum absolute atomic E-state index is 0.0215. The fourth-order valence-corrected chi connectivity index (χ4v) is 0.698.